The number of pyridine rings is 1. The number of anilines is 1. The number of carbonyl (C=O) groups is 1. The van der Waals surface area contributed by atoms with Crippen molar-refractivity contribution in [1.82, 2.24) is 10.3 Å². The minimum atomic E-state index is -0.341. The minimum absolute atomic E-state index is 0.206. The molecule has 1 amide bonds. The van der Waals surface area contributed by atoms with E-state index in [4.69, 9.17) is 16.6 Å². The maximum Gasteiger partial charge on any atom is 0.250 e. The Morgan fingerprint density at radius 3 is 2.87 bits per heavy atom. The number of rotatable bonds is 3. The molecule has 0 saturated carbocycles. The highest BCUT2D eigenvalue weighted by Crippen LogP contribution is 2.20. The number of furan rings is 1. The highest BCUT2D eigenvalue weighted by atomic mass is 32.1. The summed E-state index contributed by atoms with van der Waals surface area (Å²) >= 11 is 5.16. The number of nitrogens with zero attached hydrogens (tertiary/aromatic N) is 1. The number of carbonyl (C=O) groups excluding carboxylic acids is 1. The fourth-order valence-corrected chi connectivity index (χ4v) is 2.27. The van der Waals surface area contributed by atoms with Gasteiger partial charge in [0.05, 0.1) is 17.5 Å². The third-order valence-corrected chi connectivity index (χ3v) is 3.26. The Hall–Kier alpha value is -2.99. The molecular formula is C17H13N3O2S. The number of amides is 1. The standard InChI is InChI=1S/C17H13N3O2S/c21-15(9-8-13-6-3-11-22-13)20-17(23)19-14-7-1-4-12-5-2-10-18-16(12)14/h1-11H,(H2,19,20,21,23). The van der Waals surface area contributed by atoms with Gasteiger partial charge in [0.25, 0.3) is 0 Å². The average molecular weight is 323 g/mol. The first-order chi connectivity index (χ1) is 11.2. The Bertz CT molecular complexity index is 867. The van der Waals surface area contributed by atoms with E-state index in [0.717, 1.165) is 16.6 Å². The van der Waals surface area contributed by atoms with Crippen molar-refractivity contribution in [3.63, 3.8) is 0 Å². The molecule has 2 heterocycles. The summed E-state index contributed by atoms with van der Waals surface area (Å²) in [7, 11) is 0. The minimum Gasteiger partial charge on any atom is -0.465 e. The van der Waals surface area contributed by atoms with Crippen molar-refractivity contribution >= 4 is 45.9 Å². The van der Waals surface area contributed by atoms with E-state index in [0.29, 0.717) is 5.76 Å². The van der Waals surface area contributed by atoms with Gasteiger partial charge in [-0.3, -0.25) is 15.1 Å². The summed E-state index contributed by atoms with van der Waals surface area (Å²) in [5.41, 5.74) is 1.53. The fraction of sp³-hybridized carbons (Fsp3) is 0. The van der Waals surface area contributed by atoms with Crippen LogP contribution in [-0.4, -0.2) is 16.0 Å². The van der Waals surface area contributed by atoms with Gasteiger partial charge in [0, 0.05) is 17.7 Å². The van der Waals surface area contributed by atoms with Gasteiger partial charge in [0.2, 0.25) is 5.91 Å². The first-order valence-electron chi connectivity index (χ1n) is 6.90. The number of fused-ring (bicyclic) bond motifs is 1. The molecule has 0 aliphatic carbocycles. The summed E-state index contributed by atoms with van der Waals surface area (Å²) in [6, 6.07) is 13.0. The van der Waals surface area contributed by atoms with Crippen molar-refractivity contribution < 1.29 is 9.21 Å². The van der Waals surface area contributed by atoms with Gasteiger partial charge in [-0.25, -0.2) is 0 Å². The van der Waals surface area contributed by atoms with Crippen molar-refractivity contribution in [2.45, 2.75) is 0 Å². The number of thiocarbonyl (C=S) groups is 1. The molecule has 0 fully saturated rings. The molecule has 0 atom stereocenters. The molecule has 23 heavy (non-hydrogen) atoms. The van der Waals surface area contributed by atoms with Gasteiger partial charge in [-0.15, -0.1) is 0 Å². The summed E-state index contributed by atoms with van der Waals surface area (Å²) < 4.78 is 5.11. The smallest absolute Gasteiger partial charge is 0.250 e. The van der Waals surface area contributed by atoms with Crippen LogP contribution >= 0.6 is 12.2 Å². The summed E-state index contributed by atoms with van der Waals surface area (Å²) in [6.45, 7) is 0. The number of hydrogen-bond donors (Lipinski definition) is 2. The van der Waals surface area contributed by atoms with Gasteiger partial charge in [0.15, 0.2) is 5.11 Å². The third kappa shape index (κ3) is 3.81. The Morgan fingerprint density at radius 1 is 1.17 bits per heavy atom. The lowest BCUT2D eigenvalue weighted by Gasteiger charge is -2.10. The molecule has 0 saturated heterocycles. The molecule has 0 radical (unpaired) electrons. The van der Waals surface area contributed by atoms with Crippen LogP contribution in [0.25, 0.3) is 17.0 Å². The lowest BCUT2D eigenvalue weighted by molar-refractivity contribution is -0.115. The van der Waals surface area contributed by atoms with Crippen LogP contribution in [0.15, 0.2) is 65.4 Å². The first kappa shape index (κ1) is 14.9. The van der Waals surface area contributed by atoms with Crippen LogP contribution in [-0.2, 0) is 4.79 Å². The number of benzene rings is 1. The zero-order valence-corrected chi connectivity index (χ0v) is 12.8. The maximum atomic E-state index is 11.8. The van der Waals surface area contributed by atoms with E-state index >= 15 is 0 Å². The van der Waals surface area contributed by atoms with Gasteiger partial charge in [-0.2, -0.15) is 0 Å². The van der Waals surface area contributed by atoms with Crippen LogP contribution in [0, 0.1) is 0 Å². The molecule has 2 N–H and O–H groups in total. The number of aromatic nitrogens is 1. The fourth-order valence-electron chi connectivity index (χ4n) is 2.06. The van der Waals surface area contributed by atoms with Crippen molar-refractivity contribution in [2.24, 2.45) is 0 Å². The zero-order valence-electron chi connectivity index (χ0n) is 12.0. The van der Waals surface area contributed by atoms with E-state index in [9.17, 15) is 4.79 Å². The Kier molecular flexibility index (Phi) is 4.44. The number of para-hydroxylation sites is 1. The van der Waals surface area contributed by atoms with Crippen molar-refractivity contribution in [3.8, 4) is 0 Å². The van der Waals surface area contributed by atoms with Gasteiger partial charge >= 0.3 is 0 Å². The maximum absolute atomic E-state index is 11.8. The second-order valence-electron chi connectivity index (χ2n) is 4.67. The predicted molar refractivity (Wildman–Crippen MR) is 93.8 cm³/mol. The van der Waals surface area contributed by atoms with Crippen LogP contribution in [0.2, 0.25) is 0 Å². The first-order valence-corrected chi connectivity index (χ1v) is 7.30. The summed E-state index contributed by atoms with van der Waals surface area (Å²) in [5, 5.41) is 6.77. The molecule has 3 rings (SSSR count). The molecule has 0 unspecified atom stereocenters. The van der Waals surface area contributed by atoms with E-state index in [1.54, 1.807) is 24.4 Å². The lowest BCUT2D eigenvalue weighted by atomic mass is 10.2. The normalized spacial score (nSPS) is 10.8. The average Bonchev–Trinajstić information content (AvgIpc) is 3.07. The van der Waals surface area contributed by atoms with Gasteiger partial charge < -0.3 is 9.73 Å². The SMILES string of the molecule is O=C(C=Cc1ccco1)NC(=S)Nc1cccc2cccnc12. The molecule has 0 aliphatic heterocycles. The summed E-state index contributed by atoms with van der Waals surface area (Å²) in [5.74, 6) is 0.254. The number of nitrogens with one attached hydrogen (secondary N) is 2. The lowest BCUT2D eigenvalue weighted by Crippen LogP contribution is -2.32. The molecule has 0 aliphatic rings. The van der Waals surface area contributed by atoms with Gasteiger partial charge in [-0.1, -0.05) is 18.2 Å². The van der Waals surface area contributed by atoms with Crippen LogP contribution in [0.3, 0.4) is 0 Å². The molecule has 3 aromatic rings. The molecule has 6 heteroatoms. The van der Waals surface area contributed by atoms with Gasteiger partial charge in [0.1, 0.15) is 5.76 Å². The van der Waals surface area contributed by atoms with E-state index < -0.39 is 0 Å². The highest BCUT2D eigenvalue weighted by molar-refractivity contribution is 7.80. The largest absolute Gasteiger partial charge is 0.465 e. The van der Waals surface area contributed by atoms with Crippen LogP contribution < -0.4 is 10.6 Å². The highest BCUT2D eigenvalue weighted by Gasteiger charge is 2.05. The van der Waals surface area contributed by atoms with E-state index in [1.807, 2.05) is 30.3 Å². The third-order valence-electron chi connectivity index (χ3n) is 3.06. The van der Waals surface area contributed by atoms with E-state index in [-0.39, 0.29) is 11.0 Å². The summed E-state index contributed by atoms with van der Waals surface area (Å²) in [4.78, 5) is 16.1. The zero-order chi connectivity index (χ0) is 16.1. The quantitative estimate of drug-likeness (QED) is 0.571. The van der Waals surface area contributed by atoms with Crippen molar-refractivity contribution in [3.05, 3.63) is 66.8 Å². The molecule has 5 nitrogen and oxygen atoms in total. The Morgan fingerprint density at radius 2 is 2.04 bits per heavy atom. The monoisotopic (exact) mass is 323 g/mol. The second-order valence-corrected chi connectivity index (χ2v) is 5.08. The van der Waals surface area contributed by atoms with Crippen molar-refractivity contribution in [2.75, 3.05) is 5.32 Å². The van der Waals surface area contributed by atoms with Gasteiger partial charge in [-0.05, 0) is 42.6 Å². The molecule has 2 aromatic heterocycles. The number of hydrogen-bond acceptors (Lipinski definition) is 4. The van der Waals surface area contributed by atoms with Crippen molar-refractivity contribution in [1.29, 1.82) is 0 Å². The van der Waals surface area contributed by atoms with Crippen LogP contribution in [0.1, 0.15) is 5.76 Å². The van der Waals surface area contributed by atoms with E-state index in [1.165, 1.54) is 12.3 Å². The second kappa shape index (κ2) is 6.85. The molecule has 114 valence electrons. The Labute approximate surface area is 138 Å². The summed E-state index contributed by atoms with van der Waals surface area (Å²) in [6.07, 6.45) is 6.17. The molecule has 1 aromatic carbocycles. The van der Waals surface area contributed by atoms with Crippen LogP contribution in [0.5, 0.6) is 0 Å². The predicted octanol–water partition coefficient (Wildman–Crippen LogP) is 3.35. The Balaban J connectivity index is 1.66. The topological polar surface area (TPSA) is 67.2 Å². The molecular weight excluding hydrogens is 310 g/mol. The molecule has 0 bridgehead atoms. The molecule has 0 spiro atoms. The van der Waals surface area contributed by atoms with E-state index in [2.05, 4.69) is 15.6 Å². The van der Waals surface area contributed by atoms with Crippen LogP contribution in [0.4, 0.5) is 5.69 Å².